The lowest BCUT2D eigenvalue weighted by Crippen LogP contribution is -2.22. The summed E-state index contributed by atoms with van der Waals surface area (Å²) in [5.74, 6) is 0. The Morgan fingerprint density at radius 3 is 2.82 bits per heavy atom. The molecule has 1 unspecified atom stereocenters. The first-order chi connectivity index (χ1) is 8.22. The van der Waals surface area contributed by atoms with Crippen LogP contribution in [0.3, 0.4) is 0 Å². The molecule has 1 N–H and O–H groups in total. The Hall–Kier alpha value is -1.26. The van der Waals surface area contributed by atoms with E-state index < -0.39 is 0 Å². The number of nitrogens with one attached hydrogen (secondary N) is 1. The third kappa shape index (κ3) is 2.70. The van der Waals surface area contributed by atoms with Crippen molar-refractivity contribution in [2.75, 3.05) is 6.54 Å². The fraction of sp³-hybridized carbons (Fsp3) is 0.385. The van der Waals surface area contributed by atoms with Crippen molar-refractivity contribution < 1.29 is 0 Å². The predicted octanol–water partition coefficient (Wildman–Crippen LogP) is 2.85. The lowest BCUT2D eigenvalue weighted by molar-refractivity contribution is 0.621. The third-order valence-corrected chi connectivity index (χ3v) is 3.71. The van der Waals surface area contributed by atoms with Gasteiger partial charge in [0, 0.05) is 23.5 Å². The highest BCUT2D eigenvalue weighted by atomic mass is 32.1. The second-order valence-corrected chi connectivity index (χ2v) is 4.94. The van der Waals surface area contributed by atoms with Crippen molar-refractivity contribution >= 4 is 11.3 Å². The average molecular weight is 247 g/mol. The molecule has 0 aliphatic rings. The predicted molar refractivity (Wildman–Crippen MR) is 71.3 cm³/mol. The van der Waals surface area contributed by atoms with E-state index in [-0.39, 0.29) is 6.04 Å². The number of nitrogens with zero attached hydrogens (tertiary/aromatic N) is 2. The second kappa shape index (κ2) is 5.38. The zero-order chi connectivity index (χ0) is 12.3. The van der Waals surface area contributed by atoms with Crippen LogP contribution in [0, 0.1) is 13.8 Å². The lowest BCUT2D eigenvalue weighted by Gasteiger charge is -2.17. The van der Waals surface area contributed by atoms with E-state index in [1.54, 1.807) is 11.3 Å². The van der Waals surface area contributed by atoms with Gasteiger partial charge < -0.3 is 5.32 Å². The summed E-state index contributed by atoms with van der Waals surface area (Å²) in [5.41, 5.74) is 3.54. The molecule has 1 atom stereocenters. The van der Waals surface area contributed by atoms with Gasteiger partial charge in [-0.15, -0.1) is 11.3 Å². The van der Waals surface area contributed by atoms with Crippen molar-refractivity contribution in [3.05, 3.63) is 45.7 Å². The zero-order valence-corrected chi connectivity index (χ0v) is 11.2. The van der Waals surface area contributed by atoms with Crippen LogP contribution in [0.25, 0.3) is 0 Å². The standard InChI is InChI=1S/C13H17N3S/c1-4-15-12(13-16-10(3)8-17-13)11-7-14-6-5-9(11)2/h5-8,12,15H,4H2,1-3H3. The summed E-state index contributed by atoms with van der Waals surface area (Å²) in [6.07, 6.45) is 3.76. The van der Waals surface area contributed by atoms with E-state index in [0.29, 0.717) is 0 Å². The molecule has 2 aromatic heterocycles. The minimum Gasteiger partial charge on any atom is -0.304 e. The molecular formula is C13H17N3S. The highest BCUT2D eigenvalue weighted by molar-refractivity contribution is 7.09. The molecule has 0 spiro atoms. The van der Waals surface area contributed by atoms with Gasteiger partial charge in [-0.2, -0.15) is 0 Å². The molecule has 0 aromatic carbocycles. The topological polar surface area (TPSA) is 37.8 Å². The Labute approximate surface area is 106 Å². The first-order valence-corrected chi connectivity index (χ1v) is 6.66. The van der Waals surface area contributed by atoms with Gasteiger partial charge in [0.25, 0.3) is 0 Å². The van der Waals surface area contributed by atoms with Crippen molar-refractivity contribution in [2.45, 2.75) is 26.8 Å². The van der Waals surface area contributed by atoms with Gasteiger partial charge in [0.2, 0.25) is 0 Å². The van der Waals surface area contributed by atoms with E-state index in [1.165, 1.54) is 11.1 Å². The van der Waals surface area contributed by atoms with Crippen molar-refractivity contribution in [1.82, 2.24) is 15.3 Å². The van der Waals surface area contributed by atoms with Crippen LogP contribution < -0.4 is 5.32 Å². The summed E-state index contributed by atoms with van der Waals surface area (Å²) in [6.45, 7) is 7.16. The number of hydrogen-bond donors (Lipinski definition) is 1. The van der Waals surface area contributed by atoms with Gasteiger partial charge in [-0.1, -0.05) is 6.92 Å². The molecule has 0 saturated carbocycles. The summed E-state index contributed by atoms with van der Waals surface area (Å²) < 4.78 is 0. The van der Waals surface area contributed by atoms with Gasteiger partial charge in [-0.05, 0) is 37.6 Å². The van der Waals surface area contributed by atoms with Crippen molar-refractivity contribution in [3.8, 4) is 0 Å². The van der Waals surface area contributed by atoms with Gasteiger partial charge in [0.15, 0.2) is 0 Å². The largest absolute Gasteiger partial charge is 0.304 e. The van der Waals surface area contributed by atoms with E-state index in [0.717, 1.165) is 17.2 Å². The van der Waals surface area contributed by atoms with Crippen LogP contribution in [0.1, 0.15) is 34.8 Å². The third-order valence-electron chi connectivity index (χ3n) is 2.68. The second-order valence-electron chi connectivity index (χ2n) is 4.05. The summed E-state index contributed by atoms with van der Waals surface area (Å²) in [6, 6.07) is 2.20. The number of hydrogen-bond acceptors (Lipinski definition) is 4. The van der Waals surface area contributed by atoms with Gasteiger partial charge in [0.05, 0.1) is 6.04 Å². The van der Waals surface area contributed by atoms with E-state index in [2.05, 4.69) is 34.5 Å². The van der Waals surface area contributed by atoms with Crippen molar-refractivity contribution in [3.63, 3.8) is 0 Å². The molecule has 2 aromatic rings. The average Bonchev–Trinajstić information content (AvgIpc) is 2.74. The van der Waals surface area contributed by atoms with Crippen LogP contribution in [0.5, 0.6) is 0 Å². The number of aryl methyl sites for hydroxylation is 2. The first-order valence-electron chi connectivity index (χ1n) is 5.78. The molecule has 3 nitrogen and oxygen atoms in total. The fourth-order valence-corrected chi connectivity index (χ4v) is 2.70. The van der Waals surface area contributed by atoms with Crippen LogP contribution in [-0.2, 0) is 0 Å². The van der Waals surface area contributed by atoms with Crippen LogP contribution in [0.2, 0.25) is 0 Å². The Kier molecular flexibility index (Phi) is 3.86. The molecule has 0 fully saturated rings. The Balaban J connectivity index is 2.39. The highest BCUT2D eigenvalue weighted by Gasteiger charge is 2.18. The fourth-order valence-electron chi connectivity index (χ4n) is 1.82. The summed E-state index contributed by atoms with van der Waals surface area (Å²) in [5, 5.41) is 6.68. The molecule has 2 rings (SSSR count). The number of thiazole rings is 1. The normalized spacial score (nSPS) is 12.6. The maximum Gasteiger partial charge on any atom is 0.114 e. The van der Waals surface area contributed by atoms with Crippen LogP contribution in [-0.4, -0.2) is 16.5 Å². The zero-order valence-electron chi connectivity index (χ0n) is 10.4. The van der Waals surface area contributed by atoms with Gasteiger partial charge in [-0.25, -0.2) is 4.98 Å². The lowest BCUT2D eigenvalue weighted by atomic mass is 10.0. The molecule has 0 radical (unpaired) electrons. The van der Waals surface area contributed by atoms with Crippen molar-refractivity contribution in [1.29, 1.82) is 0 Å². The highest BCUT2D eigenvalue weighted by Crippen LogP contribution is 2.26. The van der Waals surface area contributed by atoms with E-state index in [1.807, 2.05) is 25.4 Å². The molecule has 0 bridgehead atoms. The summed E-state index contributed by atoms with van der Waals surface area (Å²) in [4.78, 5) is 8.79. The van der Waals surface area contributed by atoms with Crippen LogP contribution >= 0.6 is 11.3 Å². The Morgan fingerprint density at radius 2 is 2.24 bits per heavy atom. The van der Waals surface area contributed by atoms with Crippen LogP contribution in [0.4, 0.5) is 0 Å². The molecular weight excluding hydrogens is 230 g/mol. The molecule has 4 heteroatoms. The minimum absolute atomic E-state index is 0.160. The Bertz CT molecular complexity index is 493. The first kappa shape index (κ1) is 12.2. The van der Waals surface area contributed by atoms with E-state index >= 15 is 0 Å². The number of pyridine rings is 1. The SMILES string of the molecule is CCNC(c1nc(C)cs1)c1cnccc1C. The molecule has 0 saturated heterocycles. The van der Waals surface area contributed by atoms with Gasteiger partial charge in [0.1, 0.15) is 5.01 Å². The number of aromatic nitrogens is 2. The molecule has 0 aliphatic heterocycles. The van der Waals surface area contributed by atoms with Crippen LogP contribution in [0.15, 0.2) is 23.8 Å². The maximum atomic E-state index is 4.58. The molecule has 0 amide bonds. The minimum atomic E-state index is 0.160. The van der Waals surface area contributed by atoms with Crippen molar-refractivity contribution in [2.24, 2.45) is 0 Å². The molecule has 90 valence electrons. The molecule has 17 heavy (non-hydrogen) atoms. The van der Waals surface area contributed by atoms with Gasteiger partial charge in [-0.3, -0.25) is 4.98 Å². The van der Waals surface area contributed by atoms with E-state index in [4.69, 9.17) is 0 Å². The quantitative estimate of drug-likeness (QED) is 0.902. The monoisotopic (exact) mass is 247 g/mol. The molecule has 2 heterocycles. The van der Waals surface area contributed by atoms with Gasteiger partial charge >= 0.3 is 0 Å². The smallest absolute Gasteiger partial charge is 0.114 e. The Morgan fingerprint density at radius 1 is 1.41 bits per heavy atom. The maximum absolute atomic E-state index is 4.58. The summed E-state index contributed by atoms with van der Waals surface area (Å²) >= 11 is 1.70. The molecule has 0 aliphatic carbocycles. The number of rotatable bonds is 4. The summed E-state index contributed by atoms with van der Waals surface area (Å²) in [7, 11) is 0. The van der Waals surface area contributed by atoms with E-state index in [9.17, 15) is 0 Å².